The molecule has 3 rings (SSSR count). The normalized spacial score (nSPS) is 11.9. The first-order valence-electron chi connectivity index (χ1n) is 8.34. The number of nitrogens with two attached hydrogens (primary N) is 1. The molecule has 0 unspecified atom stereocenters. The maximum absolute atomic E-state index is 13.1. The lowest BCUT2D eigenvalue weighted by Gasteiger charge is -2.14. The fourth-order valence-corrected chi connectivity index (χ4v) is 4.07. The van der Waals surface area contributed by atoms with Crippen molar-refractivity contribution in [1.82, 2.24) is 4.98 Å². The van der Waals surface area contributed by atoms with Crippen molar-refractivity contribution in [2.75, 3.05) is 10.5 Å². The number of nitrogens with zero attached hydrogens (tertiary/aromatic N) is 1. The van der Waals surface area contributed by atoms with Gasteiger partial charge in [-0.2, -0.15) is 13.2 Å². The molecular formula is C19H12Cl2F3N3O3S. The Hall–Kier alpha value is -2.82. The van der Waals surface area contributed by atoms with Crippen LogP contribution in [0.2, 0.25) is 10.0 Å². The topological polar surface area (TPSA) is 102 Å². The molecule has 3 aromatic rings. The largest absolute Gasteiger partial charge is 0.417 e. The van der Waals surface area contributed by atoms with Crippen LogP contribution in [0, 0.1) is 0 Å². The molecule has 12 heteroatoms. The SMILES string of the molecule is Nc1cccc(C(=O)c2ncc(Cl)cc2NS(=O)(=O)c2ccc(Cl)c(C(F)(F)F)c2)c1. The molecule has 0 saturated heterocycles. The summed E-state index contributed by atoms with van der Waals surface area (Å²) in [6, 6.07) is 9.11. The minimum atomic E-state index is -4.87. The van der Waals surface area contributed by atoms with Crippen LogP contribution >= 0.6 is 23.2 Å². The van der Waals surface area contributed by atoms with Gasteiger partial charge in [0.25, 0.3) is 10.0 Å². The third kappa shape index (κ3) is 5.09. The van der Waals surface area contributed by atoms with Gasteiger partial charge in [0.15, 0.2) is 0 Å². The molecule has 3 N–H and O–H groups in total. The maximum atomic E-state index is 13.1. The number of halogens is 5. The Bertz CT molecular complexity index is 1280. The lowest BCUT2D eigenvalue weighted by Crippen LogP contribution is -2.18. The van der Waals surface area contributed by atoms with Crippen LogP contribution < -0.4 is 10.5 Å². The van der Waals surface area contributed by atoms with Gasteiger partial charge in [0, 0.05) is 17.4 Å². The first-order chi connectivity index (χ1) is 14.4. The van der Waals surface area contributed by atoms with E-state index in [1.54, 1.807) is 6.07 Å². The number of pyridine rings is 1. The second kappa shape index (κ2) is 8.37. The van der Waals surface area contributed by atoms with Gasteiger partial charge in [-0.25, -0.2) is 13.4 Å². The number of hydrogen-bond donors (Lipinski definition) is 2. The summed E-state index contributed by atoms with van der Waals surface area (Å²) in [5, 5.41) is -0.665. The van der Waals surface area contributed by atoms with E-state index in [-0.39, 0.29) is 22.0 Å². The molecule has 0 atom stereocenters. The molecule has 0 saturated carbocycles. The lowest BCUT2D eigenvalue weighted by molar-refractivity contribution is -0.137. The molecule has 6 nitrogen and oxygen atoms in total. The standard InChI is InChI=1S/C19H12Cl2F3N3O3S/c20-11-7-16(17(26-9-11)18(28)10-2-1-3-12(25)6-10)27-31(29,30)13-4-5-15(21)14(8-13)19(22,23)24/h1-9,27H,25H2. The number of carbonyl (C=O) groups is 1. The quantitative estimate of drug-likeness (QED) is 0.386. The monoisotopic (exact) mass is 489 g/mol. The zero-order chi connectivity index (χ0) is 23.0. The second-order valence-electron chi connectivity index (χ2n) is 6.25. The van der Waals surface area contributed by atoms with Crippen LogP contribution in [0.25, 0.3) is 0 Å². The van der Waals surface area contributed by atoms with Gasteiger partial charge in [-0.15, -0.1) is 0 Å². The van der Waals surface area contributed by atoms with Gasteiger partial charge in [0.05, 0.1) is 26.2 Å². The molecule has 0 aliphatic carbocycles. The Balaban J connectivity index is 2.05. The van der Waals surface area contributed by atoms with E-state index < -0.39 is 37.5 Å². The third-order valence-electron chi connectivity index (χ3n) is 4.02. The number of rotatable bonds is 5. The van der Waals surface area contributed by atoms with E-state index in [0.29, 0.717) is 11.8 Å². The number of aromatic nitrogens is 1. The highest BCUT2D eigenvalue weighted by Crippen LogP contribution is 2.36. The van der Waals surface area contributed by atoms with E-state index in [4.69, 9.17) is 28.9 Å². The molecule has 0 aliphatic heterocycles. The smallest absolute Gasteiger partial charge is 0.399 e. The van der Waals surface area contributed by atoms with Crippen LogP contribution in [0.5, 0.6) is 0 Å². The van der Waals surface area contributed by atoms with Gasteiger partial charge in [0.1, 0.15) is 5.69 Å². The van der Waals surface area contributed by atoms with Crippen molar-refractivity contribution in [3.63, 3.8) is 0 Å². The number of ketones is 1. The Morgan fingerprint density at radius 1 is 1.06 bits per heavy atom. The van der Waals surface area contributed by atoms with E-state index in [0.717, 1.165) is 24.4 Å². The molecule has 1 heterocycles. The zero-order valence-electron chi connectivity index (χ0n) is 15.2. The van der Waals surface area contributed by atoms with Crippen molar-refractivity contribution in [3.8, 4) is 0 Å². The Kier molecular flexibility index (Phi) is 6.17. The zero-order valence-corrected chi connectivity index (χ0v) is 17.6. The number of nitrogen functional groups attached to an aromatic ring is 1. The van der Waals surface area contributed by atoms with E-state index in [9.17, 15) is 26.4 Å². The molecule has 0 bridgehead atoms. The van der Waals surface area contributed by atoms with Crippen molar-refractivity contribution in [2.45, 2.75) is 11.1 Å². The number of anilines is 2. The highest BCUT2D eigenvalue weighted by atomic mass is 35.5. The first kappa shape index (κ1) is 22.9. The van der Waals surface area contributed by atoms with Crippen LogP contribution in [0.15, 0.2) is 59.6 Å². The third-order valence-corrected chi connectivity index (χ3v) is 5.92. The number of carbonyl (C=O) groups excluding carboxylic acids is 1. The highest BCUT2D eigenvalue weighted by Gasteiger charge is 2.34. The molecule has 1 aromatic heterocycles. The van der Waals surface area contributed by atoms with Crippen molar-refractivity contribution >= 4 is 50.4 Å². The summed E-state index contributed by atoms with van der Waals surface area (Å²) >= 11 is 11.4. The number of sulfonamides is 1. The highest BCUT2D eigenvalue weighted by molar-refractivity contribution is 7.92. The summed E-state index contributed by atoms with van der Waals surface area (Å²) in [6.45, 7) is 0. The van der Waals surface area contributed by atoms with Crippen LogP contribution in [0.1, 0.15) is 21.6 Å². The first-order valence-corrected chi connectivity index (χ1v) is 10.6. The van der Waals surface area contributed by atoms with E-state index >= 15 is 0 Å². The summed E-state index contributed by atoms with van der Waals surface area (Å²) < 4.78 is 66.9. The molecule has 0 amide bonds. The van der Waals surface area contributed by atoms with Crippen LogP contribution in [0.3, 0.4) is 0 Å². The molecule has 0 aliphatic rings. The average molecular weight is 490 g/mol. The molecule has 31 heavy (non-hydrogen) atoms. The summed E-state index contributed by atoms with van der Waals surface area (Å²) in [5.41, 5.74) is 4.13. The Morgan fingerprint density at radius 2 is 1.77 bits per heavy atom. The van der Waals surface area contributed by atoms with Gasteiger partial charge >= 0.3 is 6.18 Å². The number of alkyl halides is 3. The van der Waals surface area contributed by atoms with E-state index in [2.05, 4.69) is 9.71 Å². The summed E-state index contributed by atoms with van der Waals surface area (Å²) in [6.07, 6.45) is -3.74. The van der Waals surface area contributed by atoms with Gasteiger partial charge in [-0.1, -0.05) is 35.3 Å². The molecule has 0 radical (unpaired) electrons. The van der Waals surface area contributed by atoms with Crippen molar-refractivity contribution in [3.05, 3.63) is 81.6 Å². The summed E-state index contributed by atoms with van der Waals surface area (Å²) in [5.74, 6) is -0.672. The molecular weight excluding hydrogens is 478 g/mol. The molecule has 0 fully saturated rings. The second-order valence-corrected chi connectivity index (χ2v) is 8.78. The lowest BCUT2D eigenvalue weighted by atomic mass is 10.1. The van der Waals surface area contributed by atoms with Gasteiger partial charge in [-0.05, 0) is 36.4 Å². The van der Waals surface area contributed by atoms with Crippen molar-refractivity contribution in [1.29, 1.82) is 0 Å². The fraction of sp³-hybridized carbons (Fsp3) is 0.0526. The Labute approximate surface area is 184 Å². The predicted molar refractivity (Wildman–Crippen MR) is 111 cm³/mol. The van der Waals surface area contributed by atoms with Gasteiger partial charge in [-0.3, -0.25) is 9.52 Å². The van der Waals surface area contributed by atoms with E-state index in [1.165, 1.54) is 18.2 Å². The number of nitrogens with one attached hydrogen (secondary N) is 1. The van der Waals surface area contributed by atoms with Gasteiger partial charge in [0.2, 0.25) is 5.78 Å². The average Bonchev–Trinajstić information content (AvgIpc) is 2.66. The van der Waals surface area contributed by atoms with E-state index in [1.807, 2.05) is 0 Å². The molecule has 2 aromatic carbocycles. The van der Waals surface area contributed by atoms with Crippen LogP contribution in [0.4, 0.5) is 24.5 Å². The maximum Gasteiger partial charge on any atom is 0.417 e. The van der Waals surface area contributed by atoms with Gasteiger partial charge < -0.3 is 5.73 Å². The summed E-state index contributed by atoms with van der Waals surface area (Å²) in [4.78, 5) is 16.0. The number of benzene rings is 2. The number of hydrogen-bond acceptors (Lipinski definition) is 5. The van der Waals surface area contributed by atoms with Crippen molar-refractivity contribution in [2.24, 2.45) is 0 Å². The van der Waals surface area contributed by atoms with Crippen LogP contribution in [-0.2, 0) is 16.2 Å². The minimum Gasteiger partial charge on any atom is -0.399 e. The van der Waals surface area contributed by atoms with Crippen molar-refractivity contribution < 1.29 is 26.4 Å². The predicted octanol–water partition coefficient (Wildman–Crippen LogP) is 5.02. The minimum absolute atomic E-state index is 0.00564. The molecule has 0 spiro atoms. The summed E-state index contributed by atoms with van der Waals surface area (Å²) in [7, 11) is -4.56. The Morgan fingerprint density at radius 3 is 2.42 bits per heavy atom. The van der Waals surface area contributed by atoms with Crippen LogP contribution in [-0.4, -0.2) is 19.2 Å². The fourth-order valence-electron chi connectivity index (χ4n) is 2.61. The molecule has 162 valence electrons.